The van der Waals surface area contributed by atoms with Gasteiger partial charge >= 0.3 is 5.97 Å². The molecule has 0 radical (unpaired) electrons. The molecule has 0 saturated heterocycles. The Morgan fingerprint density at radius 3 is 2.53 bits per heavy atom. The predicted molar refractivity (Wildman–Crippen MR) is 73.5 cm³/mol. The van der Waals surface area contributed by atoms with Crippen molar-refractivity contribution in [3.63, 3.8) is 0 Å². The lowest BCUT2D eigenvalue weighted by Crippen LogP contribution is -2.11. The summed E-state index contributed by atoms with van der Waals surface area (Å²) < 4.78 is 0. The van der Waals surface area contributed by atoms with Gasteiger partial charge in [-0.2, -0.15) is 0 Å². The summed E-state index contributed by atoms with van der Waals surface area (Å²) in [6, 6.07) is 3.93. The minimum absolute atomic E-state index is 0.232. The molecule has 2 saturated carbocycles. The molecule has 0 unspecified atom stereocenters. The number of carboxylic acid groups (broad SMARTS) is 1. The minimum atomic E-state index is -0.896. The average Bonchev–Trinajstić information content (AvgIpc) is 3.24. The van der Waals surface area contributed by atoms with Crippen molar-refractivity contribution in [2.24, 2.45) is 5.92 Å². The fourth-order valence-corrected chi connectivity index (χ4v) is 3.15. The van der Waals surface area contributed by atoms with Crippen LogP contribution in [0.5, 0.6) is 0 Å². The number of carbonyl (C=O) groups is 1. The molecule has 0 aliphatic heterocycles. The van der Waals surface area contributed by atoms with E-state index in [0.29, 0.717) is 5.92 Å². The molecule has 0 amide bonds. The van der Waals surface area contributed by atoms with Gasteiger partial charge in [-0.05, 0) is 42.9 Å². The normalized spacial score (nSPS) is 20.4. The van der Waals surface area contributed by atoms with E-state index in [9.17, 15) is 9.90 Å². The Balaban J connectivity index is 1.80. The maximum absolute atomic E-state index is 11.2. The number of carboxylic acids is 1. The Labute approximate surface area is 114 Å². The quantitative estimate of drug-likeness (QED) is 0.895. The van der Waals surface area contributed by atoms with E-state index < -0.39 is 5.97 Å². The lowest BCUT2D eigenvalue weighted by Gasteiger charge is -2.21. The van der Waals surface area contributed by atoms with Crippen LogP contribution in [0.1, 0.15) is 72.6 Å². The van der Waals surface area contributed by atoms with E-state index in [4.69, 9.17) is 0 Å². The Morgan fingerprint density at radius 1 is 1.16 bits per heavy atom. The van der Waals surface area contributed by atoms with Crippen molar-refractivity contribution in [2.75, 3.05) is 0 Å². The first kappa shape index (κ1) is 12.6. The van der Waals surface area contributed by atoms with E-state index in [1.165, 1.54) is 50.5 Å². The van der Waals surface area contributed by atoms with Crippen LogP contribution in [-0.4, -0.2) is 16.1 Å². The Hall–Kier alpha value is -1.38. The number of nitrogens with zero attached hydrogens (tertiary/aromatic N) is 1. The van der Waals surface area contributed by atoms with Crippen LogP contribution in [0.25, 0.3) is 0 Å². The summed E-state index contributed by atoms with van der Waals surface area (Å²) in [5, 5.41) is 9.18. The summed E-state index contributed by atoms with van der Waals surface area (Å²) >= 11 is 0. The zero-order chi connectivity index (χ0) is 13.2. The molecule has 102 valence electrons. The molecule has 2 aliphatic rings. The van der Waals surface area contributed by atoms with Gasteiger partial charge in [0.1, 0.15) is 5.69 Å². The molecule has 1 heterocycles. The summed E-state index contributed by atoms with van der Waals surface area (Å²) in [7, 11) is 0. The molecular formula is C16H21NO2. The van der Waals surface area contributed by atoms with E-state index in [1.807, 2.05) is 0 Å². The monoisotopic (exact) mass is 259 g/mol. The zero-order valence-electron chi connectivity index (χ0n) is 11.3. The Bertz CT molecular complexity index is 474. The highest BCUT2D eigenvalue weighted by atomic mass is 16.4. The van der Waals surface area contributed by atoms with Crippen LogP contribution >= 0.6 is 0 Å². The molecule has 3 nitrogen and oxygen atoms in total. The van der Waals surface area contributed by atoms with Crippen LogP contribution in [0.4, 0.5) is 0 Å². The van der Waals surface area contributed by atoms with Crippen molar-refractivity contribution in [2.45, 2.75) is 57.3 Å². The van der Waals surface area contributed by atoms with Gasteiger partial charge in [-0.1, -0.05) is 32.1 Å². The van der Waals surface area contributed by atoms with Crippen LogP contribution in [-0.2, 0) is 6.42 Å². The first-order valence-electron chi connectivity index (χ1n) is 7.46. The highest BCUT2D eigenvalue weighted by molar-refractivity contribution is 5.85. The molecule has 2 fully saturated rings. The fraction of sp³-hybridized carbons (Fsp3) is 0.625. The molecule has 19 heavy (non-hydrogen) atoms. The van der Waals surface area contributed by atoms with Gasteiger partial charge in [-0.15, -0.1) is 0 Å². The first-order chi connectivity index (χ1) is 9.22. The Kier molecular flexibility index (Phi) is 3.54. The van der Waals surface area contributed by atoms with Crippen molar-refractivity contribution < 1.29 is 9.90 Å². The third kappa shape index (κ3) is 3.14. The molecule has 0 spiro atoms. The topological polar surface area (TPSA) is 50.2 Å². The summed E-state index contributed by atoms with van der Waals surface area (Å²) in [4.78, 5) is 15.5. The van der Waals surface area contributed by atoms with E-state index in [-0.39, 0.29) is 5.69 Å². The molecule has 0 bridgehead atoms. The van der Waals surface area contributed by atoms with Gasteiger partial charge in [0, 0.05) is 11.6 Å². The van der Waals surface area contributed by atoms with Crippen LogP contribution in [0, 0.1) is 5.92 Å². The van der Waals surface area contributed by atoms with Crippen LogP contribution < -0.4 is 0 Å². The first-order valence-corrected chi connectivity index (χ1v) is 7.46. The number of hydrogen-bond acceptors (Lipinski definition) is 2. The predicted octanol–water partition coefficient (Wildman–Crippen LogP) is 3.78. The highest BCUT2D eigenvalue weighted by Crippen LogP contribution is 2.39. The second kappa shape index (κ2) is 5.32. The summed E-state index contributed by atoms with van der Waals surface area (Å²) in [6.45, 7) is 0. The molecule has 3 heteroatoms. The largest absolute Gasteiger partial charge is 0.477 e. The second-order valence-electron chi connectivity index (χ2n) is 6.07. The summed E-state index contributed by atoms with van der Waals surface area (Å²) in [6.07, 6.45) is 9.97. The van der Waals surface area contributed by atoms with Crippen LogP contribution in [0.3, 0.4) is 0 Å². The molecule has 0 atom stereocenters. The minimum Gasteiger partial charge on any atom is -0.477 e. The maximum atomic E-state index is 11.2. The fourth-order valence-electron chi connectivity index (χ4n) is 3.15. The van der Waals surface area contributed by atoms with Crippen LogP contribution in [0.15, 0.2) is 12.1 Å². The Morgan fingerprint density at radius 2 is 1.89 bits per heavy atom. The van der Waals surface area contributed by atoms with Gasteiger partial charge < -0.3 is 5.11 Å². The molecule has 0 aromatic carbocycles. The van der Waals surface area contributed by atoms with E-state index in [2.05, 4.69) is 11.1 Å². The lowest BCUT2D eigenvalue weighted by molar-refractivity contribution is 0.0690. The second-order valence-corrected chi connectivity index (χ2v) is 6.07. The smallest absolute Gasteiger partial charge is 0.354 e. The van der Waals surface area contributed by atoms with E-state index in [0.717, 1.165) is 18.0 Å². The zero-order valence-corrected chi connectivity index (χ0v) is 11.3. The number of rotatable bonds is 4. The van der Waals surface area contributed by atoms with E-state index >= 15 is 0 Å². The number of aromatic nitrogens is 1. The van der Waals surface area contributed by atoms with E-state index in [1.54, 1.807) is 6.07 Å². The van der Waals surface area contributed by atoms with Gasteiger partial charge in [0.15, 0.2) is 0 Å². The van der Waals surface area contributed by atoms with Crippen molar-refractivity contribution in [3.8, 4) is 0 Å². The summed E-state index contributed by atoms with van der Waals surface area (Å²) in [5.74, 6) is 0.363. The van der Waals surface area contributed by atoms with Crippen molar-refractivity contribution in [1.29, 1.82) is 0 Å². The van der Waals surface area contributed by atoms with Gasteiger partial charge in [0.05, 0.1) is 0 Å². The molecule has 1 aromatic rings. The van der Waals surface area contributed by atoms with Gasteiger partial charge in [0.2, 0.25) is 0 Å². The van der Waals surface area contributed by atoms with Gasteiger partial charge in [0.25, 0.3) is 0 Å². The molecule has 3 rings (SSSR count). The maximum Gasteiger partial charge on any atom is 0.354 e. The van der Waals surface area contributed by atoms with Crippen LogP contribution in [0.2, 0.25) is 0 Å². The SMILES string of the molecule is O=C(O)c1cc(CC2CCCCC2)cc(C2CC2)n1. The van der Waals surface area contributed by atoms with Gasteiger partial charge in [-0.25, -0.2) is 9.78 Å². The number of pyridine rings is 1. The number of aromatic carboxylic acids is 1. The molecule has 1 aromatic heterocycles. The molecular weight excluding hydrogens is 238 g/mol. The standard InChI is InChI=1S/C16H21NO2/c18-16(19)15-10-12(8-11-4-2-1-3-5-11)9-14(17-15)13-6-7-13/h9-11,13H,1-8H2,(H,18,19). The lowest BCUT2D eigenvalue weighted by atomic mass is 9.85. The number of hydrogen-bond donors (Lipinski definition) is 1. The van der Waals surface area contributed by atoms with Crippen molar-refractivity contribution in [3.05, 3.63) is 29.1 Å². The van der Waals surface area contributed by atoms with Crippen molar-refractivity contribution in [1.82, 2.24) is 4.98 Å². The highest BCUT2D eigenvalue weighted by Gasteiger charge is 2.27. The molecule has 2 aliphatic carbocycles. The average molecular weight is 259 g/mol. The summed E-state index contributed by atoms with van der Waals surface area (Å²) in [5.41, 5.74) is 2.42. The molecule has 1 N–H and O–H groups in total. The third-order valence-corrected chi connectivity index (χ3v) is 4.37. The van der Waals surface area contributed by atoms with Crippen molar-refractivity contribution >= 4 is 5.97 Å². The third-order valence-electron chi connectivity index (χ3n) is 4.37. The van der Waals surface area contributed by atoms with Gasteiger partial charge in [-0.3, -0.25) is 0 Å².